The number of carbonyl (C=O) groups is 3. The van der Waals surface area contributed by atoms with Crippen molar-refractivity contribution in [2.45, 2.75) is 29.5 Å². The van der Waals surface area contributed by atoms with Gasteiger partial charge >= 0.3 is 35.5 Å². The molecule has 1 aromatic heterocycles. The zero-order chi connectivity index (χ0) is 23.6. The second-order valence-corrected chi connectivity index (χ2v) is 10.2. The van der Waals surface area contributed by atoms with Crippen molar-refractivity contribution in [2.75, 3.05) is 25.5 Å². The number of nitrogens with zero attached hydrogens (tertiary/aromatic N) is 3. The molecule has 1 atom stereocenters. The van der Waals surface area contributed by atoms with Crippen LogP contribution in [-0.2, 0) is 34.1 Å². The summed E-state index contributed by atoms with van der Waals surface area (Å²) in [5.41, 5.74) is 0. The van der Waals surface area contributed by atoms with Crippen molar-refractivity contribution in [3.05, 3.63) is 24.4 Å². The molecule has 1 saturated heterocycles. The van der Waals surface area contributed by atoms with Gasteiger partial charge in [-0.3, -0.25) is 14.1 Å². The molecule has 0 radical (unpaired) electrons. The fourth-order valence-electron chi connectivity index (χ4n) is 2.26. The Kier molecular flexibility index (Phi) is 13.5. The summed E-state index contributed by atoms with van der Waals surface area (Å²) in [4.78, 5) is 47.6. The van der Waals surface area contributed by atoms with E-state index in [2.05, 4.69) is 14.8 Å². The molecule has 0 spiro atoms. The summed E-state index contributed by atoms with van der Waals surface area (Å²) in [5, 5.41) is 10.6. The molecule has 0 aromatic carbocycles. The fourth-order valence-corrected chi connectivity index (χ4v) is 4.82. The van der Waals surface area contributed by atoms with E-state index in [0.717, 1.165) is 5.03 Å². The molecule has 0 bridgehead atoms. The Bertz CT molecular complexity index is 948. The standard InChI is InChI=1S/C17H21N3O9S3.Na/c21-13(5-10-30-31-14-3-1-2-6-19-14)18-7-9-28-8-4-16(23)29-20-15(22)11-12(17(20)24)32(25,26)27;/h1-3,6,12H,4-5,7-11H2,(H,18,21)(H,25,26,27);/q;+1/p-1. The first-order valence-corrected chi connectivity index (χ1v) is 13.0. The van der Waals surface area contributed by atoms with E-state index in [9.17, 15) is 27.9 Å². The Morgan fingerprint density at radius 2 is 2.06 bits per heavy atom. The molecule has 0 aliphatic carbocycles. The fraction of sp³-hybridized carbons (Fsp3) is 0.471. The van der Waals surface area contributed by atoms with Gasteiger partial charge in [-0.05, 0) is 35.2 Å². The number of aliphatic imine (C=N–C) groups is 1. The average molecular weight is 530 g/mol. The van der Waals surface area contributed by atoms with Crippen LogP contribution in [0.3, 0.4) is 0 Å². The summed E-state index contributed by atoms with van der Waals surface area (Å²) < 4.78 is 36.1. The van der Waals surface area contributed by atoms with Gasteiger partial charge in [0.1, 0.15) is 5.03 Å². The molecule has 1 unspecified atom stereocenters. The maximum Gasteiger partial charge on any atom is 1.00 e. The first-order chi connectivity index (χ1) is 15.2. The van der Waals surface area contributed by atoms with E-state index in [0.29, 0.717) is 5.75 Å². The Balaban J connectivity index is 0.00000544. The number of imide groups is 1. The van der Waals surface area contributed by atoms with Gasteiger partial charge in [0.15, 0.2) is 5.25 Å². The molecule has 1 aliphatic rings. The van der Waals surface area contributed by atoms with Gasteiger partial charge in [0, 0.05) is 11.9 Å². The van der Waals surface area contributed by atoms with E-state index in [-0.39, 0.29) is 73.1 Å². The zero-order valence-corrected chi connectivity index (χ0v) is 22.1. The summed E-state index contributed by atoms with van der Waals surface area (Å²) in [6.45, 7) is 0.0450. The van der Waals surface area contributed by atoms with Crippen molar-refractivity contribution in [2.24, 2.45) is 4.99 Å². The van der Waals surface area contributed by atoms with Crippen molar-refractivity contribution in [3.63, 3.8) is 0 Å². The van der Waals surface area contributed by atoms with E-state index in [1.807, 2.05) is 18.2 Å². The normalized spacial score (nSPS) is 16.6. The monoisotopic (exact) mass is 529 g/mol. The van der Waals surface area contributed by atoms with E-state index in [4.69, 9.17) is 9.29 Å². The predicted octanol–water partition coefficient (Wildman–Crippen LogP) is -3.14. The number of rotatable bonds is 13. The maximum atomic E-state index is 11.8. The van der Waals surface area contributed by atoms with E-state index >= 15 is 0 Å². The Morgan fingerprint density at radius 3 is 2.70 bits per heavy atom. The Morgan fingerprint density at radius 1 is 1.30 bits per heavy atom. The Labute approximate surface area is 220 Å². The summed E-state index contributed by atoms with van der Waals surface area (Å²) in [7, 11) is -1.82. The van der Waals surface area contributed by atoms with E-state index < -0.39 is 39.6 Å². The average Bonchev–Trinajstić information content (AvgIpc) is 3.03. The number of hydrogen-bond acceptors (Lipinski definition) is 12. The van der Waals surface area contributed by atoms with Crippen LogP contribution in [-0.4, -0.2) is 77.5 Å². The van der Waals surface area contributed by atoms with Crippen molar-refractivity contribution < 1.29 is 71.6 Å². The molecular formula is C17H20N3NaO9S3. The van der Waals surface area contributed by atoms with Crippen molar-refractivity contribution >= 4 is 55.4 Å². The van der Waals surface area contributed by atoms with Crippen LogP contribution in [0.15, 0.2) is 34.4 Å². The minimum absolute atomic E-state index is 0. The number of carbonyl (C=O) groups excluding carboxylic acids is 3. The molecule has 16 heteroatoms. The molecular weight excluding hydrogens is 509 g/mol. The molecule has 33 heavy (non-hydrogen) atoms. The molecule has 1 N–H and O–H groups in total. The second-order valence-electron chi connectivity index (χ2n) is 6.16. The predicted molar refractivity (Wildman–Crippen MR) is 113 cm³/mol. The van der Waals surface area contributed by atoms with Crippen LogP contribution in [0.4, 0.5) is 0 Å². The molecule has 2 heterocycles. The van der Waals surface area contributed by atoms with Crippen LogP contribution >= 0.6 is 21.6 Å². The number of aromatic nitrogens is 1. The summed E-state index contributed by atoms with van der Waals surface area (Å²) >= 11 is 0. The third kappa shape index (κ3) is 10.7. The van der Waals surface area contributed by atoms with Crippen LogP contribution in [0.1, 0.15) is 19.3 Å². The van der Waals surface area contributed by atoms with Crippen LogP contribution in [0.2, 0.25) is 0 Å². The largest absolute Gasteiger partial charge is 1.00 e. The molecule has 0 saturated carbocycles. The van der Waals surface area contributed by atoms with Gasteiger partial charge in [0.25, 0.3) is 21.9 Å². The molecule has 176 valence electrons. The quantitative estimate of drug-likeness (QED) is 0.0517. The first kappa shape index (κ1) is 29.8. The maximum absolute atomic E-state index is 11.8. The molecule has 2 rings (SSSR count). The number of ether oxygens (including phenoxy) is 1. The molecule has 12 nitrogen and oxygen atoms in total. The minimum atomic E-state index is -4.78. The van der Waals surface area contributed by atoms with Gasteiger partial charge in [0.05, 0.1) is 32.6 Å². The smallest absolute Gasteiger partial charge is 0.862 e. The van der Waals surface area contributed by atoms with Crippen LogP contribution in [0.5, 0.6) is 0 Å². The van der Waals surface area contributed by atoms with Gasteiger partial charge < -0.3 is 19.7 Å². The van der Waals surface area contributed by atoms with Crippen molar-refractivity contribution in [3.8, 4) is 0 Å². The van der Waals surface area contributed by atoms with Crippen LogP contribution in [0, 0.1) is 0 Å². The zero-order valence-electron chi connectivity index (χ0n) is 17.6. The minimum Gasteiger partial charge on any atom is -0.862 e. The number of amides is 2. The van der Waals surface area contributed by atoms with Gasteiger partial charge in [-0.2, -0.15) is 8.42 Å². The van der Waals surface area contributed by atoms with Gasteiger partial charge in [-0.15, -0.1) is 5.06 Å². The topological polar surface area (TPSA) is 176 Å². The van der Waals surface area contributed by atoms with E-state index in [1.54, 1.807) is 6.20 Å². The number of pyridine rings is 1. The van der Waals surface area contributed by atoms with E-state index in [1.165, 1.54) is 21.6 Å². The summed E-state index contributed by atoms with van der Waals surface area (Å²) in [5.74, 6) is -3.09. The van der Waals surface area contributed by atoms with Gasteiger partial charge in [-0.1, -0.05) is 16.9 Å². The summed E-state index contributed by atoms with van der Waals surface area (Å²) in [6, 6.07) is 5.56. The first-order valence-electron chi connectivity index (χ1n) is 9.21. The third-order valence-corrected chi connectivity index (χ3v) is 7.12. The van der Waals surface area contributed by atoms with Gasteiger partial charge in [-0.25, -0.2) is 9.78 Å². The van der Waals surface area contributed by atoms with Crippen molar-refractivity contribution in [1.82, 2.24) is 10.0 Å². The Hall–Kier alpha value is -1.20. The van der Waals surface area contributed by atoms with Crippen LogP contribution < -0.4 is 34.7 Å². The van der Waals surface area contributed by atoms with Crippen LogP contribution in [0.25, 0.3) is 0 Å². The second kappa shape index (κ2) is 14.9. The molecule has 1 aliphatic heterocycles. The molecule has 2 amide bonds. The summed E-state index contributed by atoms with van der Waals surface area (Å²) in [6.07, 6.45) is 0.813. The number of hydrogen-bond donors (Lipinski definition) is 1. The SMILES string of the molecule is O=C(CCOCCN=C([O-])CCSSc1ccccn1)ON1C(=O)CC(S(=O)(=O)O)C1=O.[Na+]. The van der Waals surface area contributed by atoms with Crippen molar-refractivity contribution in [1.29, 1.82) is 0 Å². The molecule has 1 aromatic rings. The van der Waals surface area contributed by atoms with Gasteiger partial charge in [0.2, 0.25) is 0 Å². The molecule has 1 fully saturated rings. The number of hydroxylamine groups is 2. The third-order valence-electron chi connectivity index (χ3n) is 3.77.